The Morgan fingerprint density at radius 3 is 2.59 bits per heavy atom. The van der Waals surface area contributed by atoms with Crippen molar-refractivity contribution in [1.82, 2.24) is 0 Å². The smallest absolute Gasteiger partial charge is 0.118 e. The van der Waals surface area contributed by atoms with Gasteiger partial charge < -0.3 is 10.5 Å². The van der Waals surface area contributed by atoms with Crippen LogP contribution < -0.4 is 10.5 Å². The summed E-state index contributed by atoms with van der Waals surface area (Å²) in [5.41, 5.74) is 7.83. The quantitative estimate of drug-likeness (QED) is 0.868. The van der Waals surface area contributed by atoms with E-state index in [1.54, 1.807) is 7.11 Å². The van der Waals surface area contributed by atoms with Crippen LogP contribution in [0.1, 0.15) is 44.6 Å². The topological polar surface area (TPSA) is 35.2 Å². The van der Waals surface area contributed by atoms with Gasteiger partial charge in [-0.15, -0.1) is 0 Å². The molecule has 0 aromatic heterocycles. The molecule has 1 aromatic rings. The summed E-state index contributed by atoms with van der Waals surface area (Å²) in [6.45, 7) is 2.25. The Morgan fingerprint density at radius 1 is 1.29 bits per heavy atom. The van der Waals surface area contributed by atoms with Crippen LogP contribution in [0.15, 0.2) is 24.3 Å². The highest BCUT2D eigenvalue weighted by atomic mass is 16.5. The fourth-order valence-corrected chi connectivity index (χ4v) is 3.12. The molecule has 0 amide bonds. The Balaban J connectivity index is 2.27. The Kier molecular flexibility index (Phi) is 3.72. The molecule has 1 aliphatic rings. The van der Waals surface area contributed by atoms with Gasteiger partial charge in [0, 0.05) is 5.54 Å². The lowest BCUT2D eigenvalue weighted by atomic mass is 9.68. The van der Waals surface area contributed by atoms with Crippen LogP contribution in [0, 0.1) is 5.92 Å². The van der Waals surface area contributed by atoms with Crippen molar-refractivity contribution in [3.05, 3.63) is 29.8 Å². The third-order valence-corrected chi connectivity index (χ3v) is 4.24. The van der Waals surface area contributed by atoms with Gasteiger partial charge >= 0.3 is 0 Å². The number of ether oxygens (including phenoxy) is 1. The Bertz CT molecular complexity index is 360. The number of nitrogens with two attached hydrogens (primary N) is 1. The zero-order valence-corrected chi connectivity index (χ0v) is 10.9. The summed E-state index contributed by atoms with van der Waals surface area (Å²) in [6.07, 6.45) is 6.12. The number of rotatable bonds is 3. The van der Waals surface area contributed by atoms with Crippen molar-refractivity contribution in [2.24, 2.45) is 11.7 Å². The van der Waals surface area contributed by atoms with Gasteiger partial charge in [0.2, 0.25) is 0 Å². The summed E-state index contributed by atoms with van der Waals surface area (Å²) >= 11 is 0. The molecule has 94 valence electrons. The number of hydrogen-bond donors (Lipinski definition) is 1. The predicted octanol–water partition coefficient (Wildman–Crippen LogP) is 3.45. The summed E-state index contributed by atoms with van der Waals surface area (Å²) in [5.74, 6) is 1.52. The van der Waals surface area contributed by atoms with Crippen LogP contribution in [0.2, 0.25) is 0 Å². The van der Waals surface area contributed by atoms with Gasteiger partial charge in [0.05, 0.1) is 7.11 Å². The monoisotopic (exact) mass is 233 g/mol. The highest BCUT2D eigenvalue weighted by Gasteiger charge is 2.37. The second-order valence-electron chi connectivity index (χ2n) is 5.12. The van der Waals surface area contributed by atoms with Gasteiger partial charge in [0.15, 0.2) is 0 Å². The molecule has 0 saturated heterocycles. The maximum Gasteiger partial charge on any atom is 0.118 e. The molecule has 0 radical (unpaired) electrons. The second kappa shape index (κ2) is 5.09. The van der Waals surface area contributed by atoms with E-state index in [0.29, 0.717) is 5.92 Å². The minimum atomic E-state index is -0.126. The van der Waals surface area contributed by atoms with Crippen LogP contribution in [0.5, 0.6) is 5.75 Å². The first-order valence-corrected chi connectivity index (χ1v) is 6.64. The third kappa shape index (κ3) is 2.32. The first kappa shape index (κ1) is 12.4. The van der Waals surface area contributed by atoms with Gasteiger partial charge in [0.25, 0.3) is 0 Å². The Labute approximate surface area is 104 Å². The average molecular weight is 233 g/mol. The lowest BCUT2D eigenvalue weighted by Crippen LogP contribution is -2.46. The van der Waals surface area contributed by atoms with Crippen molar-refractivity contribution in [2.75, 3.05) is 7.11 Å². The number of benzene rings is 1. The van der Waals surface area contributed by atoms with Crippen molar-refractivity contribution in [1.29, 1.82) is 0 Å². The van der Waals surface area contributed by atoms with Crippen molar-refractivity contribution < 1.29 is 4.74 Å². The molecule has 2 rings (SSSR count). The fourth-order valence-electron chi connectivity index (χ4n) is 3.12. The molecule has 2 nitrogen and oxygen atoms in total. The summed E-state index contributed by atoms with van der Waals surface area (Å²) < 4.78 is 5.20. The molecule has 17 heavy (non-hydrogen) atoms. The minimum absolute atomic E-state index is 0.126. The van der Waals surface area contributed by atoms with Crippen LogP contribution in [0.25, 0.3) is 0 Å². The fraction of sp³-hybridized carbons (Fsp3) is 0.600. The lowest BCUT2D eigenvalue weighted by Gasteiger charge is -2.41. The molecule has 0 heterocycles. The number of hydrogen-bond acceptors (Lipinski definition) is 2. The molecule has 1 aliphatic carbocycles. The highest BCUT2D eigenvalue weighted by Crippen LogP contribution is 2.41. The van der Waals surface area contributed by atoms with Crippen LogP contribution in [-0.4, -0.2) is 7.11 Å². The SMILES string of the molecule is CCC1CCCCC1(N)c1ccc(OC)cc1. The molecule has 0 spiro atoms. The Hall–Kier alpha value is -1.02. The average Bonchev–Trinajstić information content (AvgIpc) is 2.39. The van der Waals surface area contributed by atoms with E-state index in [4.69, 9.17) is 10.5 Å². The molecule has 2 heteroatoms. The van der Waals surface area contributed by atoms with E-state index in [1.807, 2.05) is 12.1 Å². The molecular formula is C15H23NO. The summed E-state index contributed by atoms with van der Waals surface area (Å²) in [4.78, 5) is 0. The van der Waals surface area contributed by atoms with Crippen molar-refractivity contribution >= 4 is 0 Å². The van der Waals surface area contributed by atoms with E-state index in [1.165, 1.54) is 31.2 Å². The molecule has 0 bridgehead atoms. The predicted molar refractivity (Wildman–Crippen MR) is 71.1 cm³/mol. The highest BCUT2D eigenvalue weighted by molar-refractivity contribution is 5.32. The van der Waals surface area contributed by atoms with Crippen LogP contribution in [0.3, 0.4) is 0 Å². The van der Waals surface area contributed by atoms with E-state index in [9.17, 15) is 0 Å². The van der Waals surface area contributed by atoms with Crippen LogP contribution in [-0.2, 0) is 5.54 Å². The zero-order valence-electron chi connectivity index (χ0n) is 10.9. The van der Waals surface area contributed by atoms with E-state index in [2.05, 4.69) is 19.1 Å². The number of methoxy groups -OCH3 is 1. The largest absolute Gasteiger partial charge is 0.497 e. The molecule has 0 aliphatic heterocycles. The summed E-state index contributed by atoms with van der Waals surface area (Å²) in [7, 11) is 1.70. The van der Waals surface area contributed by atoms with Crippen LogP contribution >= 0.6 is 0 Å². The van der Waals surface area contributed by atoms with Crippen molar-refractivity contribution in [3.63, 3.8) is 0 Å². The normalized spacial score (nSPS) is 29.0. The molecule has 1 aromatic carbocycles. The molecule has 2 unspecified atom stereocenters. The summed E-state index contributed by atoms with van der Waals surface area (Å²) in [6, 6.07) is 8.30. The van der Waals surface area contributed by atoms with Crippen molar-refractivity contribution in [2.45, 2.75) is 44.6 Å². The van der Waals surface area contributed by atoms with E-state index in [0.717, 1.165) is 12.2 Å². The zero-order chi connectivity index (χ0) is 12.3. The molecule has 2 atom stereocenters. The van der Waals surface area contributed by atoms with E-state index in [-0.39, 0.29) is 5.54 Å². The van der Waals surface area contributed by atoms with Gasteiger partial charge in [-0.25, -0.2) is 0 Å². The van der Waals surface area contributed by atoms with Crippen molar-refractivity contribution in [3.8, 4) is 5.75 Å². The van der Waals surface area contributed by atoms with E-state index >= 15 is 0 Å². The van der Waals surface area contributed by atoms with E-state index < -0.39 is 0 Å². The van der Waals surface area contributed by atoms with Gasteiger partial charge in [-0.05, 0) is 36.5 Å². The molecule has 2 N–H and O–H groups in total. The first-order valence-electron chi connectivity index (χ1n) is 6.64. The summed E-state index contributed by atoms with van der Waals surface area (Å²) in [5, 5.41) is 0. The van der Waals surface area contributed by atoms with Crippen LogP contribution in [0.4, 0.5) is 0 Å². The second-order valence-corrected chi connectivity index (χ2v) is 5.12. The first-order chi connectivity index (χ1) is 8.20. The van der Waals surface area contributed by atoms with Gasteiger partial charge in [0.1, 0.15) is 5.75 Å². The molecule has 1 saturated carbocycles. The maximum atomic E-state index is 6.69. The third-order valence-electron chi connectivity index (χ3n) is 4.24. The minimum Gasteiger partial charge on any atom is -0.497 e. The maximum absolute atomic E-state index is 6.69. The Morgan fingerprint density at radius 2 is 2.00 bits per heavy atom. The molecular weight excluding hydrogens is 210 g/mol. The van der Waals surface area contributed by atoms with Gasteiger partial charge in [-0.2, -0.15) is 0 Å². The van der Waals surface area contributed by atoms with Gasteiger partial charge in [-0.3, -0.25) is 0 Å². The molecule has 1 fully saturated rings. The lowest BCUT2D eigenvalue weighted by molar-refractivity contribution is 0.184. The standard InChI is InChI=1S/C15H23NO/c1-3-12-6-4-5-11-15(12,16)13-7-9-14(17-2)10-8-13/h7-10,12H,3-6,11,16H2,1-2H3. The van der Waals surface area contributed by atoms with Gasteiger partial charge in [-0.1, -0.05) is 38.3 Å².